The molecule has 88 valence electrons. The minimum atomic E-state index is 0.435. The van der Waals surface area contributed by atoms with Crippen molar-refractivity contribution >= 4 is 11.3 Å². The van der Waals surface area contributed by atoms with E-state index in [1.807, 2.05) is 19.2 Å². The Morgan fingerprint density at radius 3 is 2.88 bits per heavy atom. The molecule has 0 saturated carbocycles. The minimum Gasteiger partial charge on any atom is -0.386 e. The summed E-state index contributed by atoms with van der Waals surface area (Å²) in [5.74, 6) is 0. The van der Waals surface area contributed by atoms with Gasteiger partial charge in [-0.2, -0.15) is 5.26 Å². The van der Waals surface area contributed by atoms with Gasteiger partial charge in [0.1, 0.15) is 11.8 Å². The van der Waals surface area contributed by atoms with Crippen LogP contribution in [0.2, 0.25) is 0 Å². The topological polar surface area (TPSA) is 48.7 Å². The maximum atomic E-state index is 8.89. The number of hydrogen-bond donors (Lipinski definition) is 1. The zero-order valence-electron chi connectivity index (χ0n) is 10.3. The van der Waals surface area contributed by atoms with Crippen LogP contribution in [-0.4, -0.2) is 12.0 Å². The first-order chi connectivity index (χ1) is 8.26. The van der Waals surface area contributed by atoms with Crippen LogP contribution in [0.3, 0.4) is 0 Å². The molecule has 0 atom stereocenters. The quantitative estimate of drug-likeness (QED) is 0.784. The summed E-state index contributed by atoms with van der Waals surface area (Å²) in [7, 11) is 1.85. The molecule has 0 radical (unpaired) electrons. The van der Waals surface area contributed by atoms with Crippen molar-refractivity contribution in [3.05, 3.63) is 42.3 Å². The molecule has 17 heavy (non-hydrogen) atoms. The smallest absolute Gasteiger partial charge is 0.141 e. The molecule has 0 fully saturated rings. The maximum Gasteiger partial charge on any atom is 0.141 e. The lowest BCUT2D eigenvalue weighted by atomic mass is 10.0. The molecule has 0 aliphatic rings. The van der Waals surface area contributed by atoms with Crippen LogP contribution in [0, 0.1) is 11.3 Å². The van der Waals surface area contributed by atoms with Crippen molar-refractivity contribution in [2.45, 2.75) is 19.8 Å². The van der Waals surface area contributed by atoms with Gasteiger partial charge in [-0.05, 0) is 24.1 Å². The van der Waals surface area contributed by atoms with Crippen molar-refractivity contribution in [3.63, 3.8) is 0 Å². The SMILES string of the molecule is C=C/C=C(/CCC)c1nc(C#N)ccc1NC. The number of aromatic nitrogens is 1. The highest BCUT2D eigenvalue weighted by molar-refractivity contribution is 5.74. The monoisotopic (exact) mass is 227 g/mol. The van der Waals surface area contributed by atoms with Crippen LogP contribution in [0.15, 0.2) is 30.9 Å². The summed E-state index contributed by atoms with van der Waals surface area (Å²) in [5.41, 5.74) is 3.31. The lowest BCUT2D eigenvalue weighted by Gasteiger charge is -2.11. The molecule has 0 bridgehead atoms. The second-order valence-corrected chi connectivity index (χ2v) is 3.63. The van der Waals surface area contributed by atoms with Gasteiger partial charge in [-0.1, -0.05) is 32.1 Å². The molecule has 1 N–H and O–H groups in total. The van der Waals surface area contributed by atoms with E-state index in [0.29, 0.717) is 5.69 Å². The van der Waals surface area contributed by atoms with Gasteiger partial charge in [0.05, 0.1) is 11.4 Å². The van der Waals surface area contributed by atoms with E-state index in [9.17, 15) is 0 Å². The molecular weight excluding hydrogens is 210 g/mol. The van der Waals surface area contributed by atoms with Crippen LogP contribution >= 0.6 is 0 Å². The summed E-state index contributed by atoms with van der Waals surface area (Å²) in [4.78, 5) is 4.36. The lowest BCUT2D eigenvalue weighted by molar-refractivity contribution is 0.964. The Labute approximate surface area is 102 Å². The van der Waals surface area contributed by atoms with E-state index in [4.69, 9.17) is 5.26 Å². The molecule has 0 amide bonds. The number of allylic oxidation sites excluding steroid dienone is 3. The Hall–Kier alpha value is -2.08. The van der Waals surface area contributed by atoms with E-state index < -0.39 is 0 Å². The molecule has 1 rings (SSSR count). The van der Waals surface area contributed by atoms with Crippen molar-refractivity contribution in [1.82, 2.24) is 4.98 Å². The normalized spacial score (nSPS) is 10.8. The van der Waals surface area contributed by atoms with Gasteiger partial charge in [-0.15, -0.1) is 0 Å². The van der Waals surface area contributed by atoms with Gasteiger partial charge in [0, 0.05) is 7.05 Å². The number of pyridine rings is 1. The third-order valence-electron chi connectivity index (χ3n) is 2.42. The van der Waals surface area contributed by atoms with E-state index in [0.717, 1.165) is 29.8 Å². The van der Waals surface area contributed by atoms with Gasteiger partial charge < -0.3 is 5.32 Å². The Bertz CT molecular complexity index is 467. The number of anilines is 1. The van der Waals surface area contributed by atoms with Gasteiger partial charge >= 0.3 is 0 Å². The molecule has 1 aromatic rings. The molecule has 0 aliphatic heterocycles. The van der Waals surface area contributed by atoms with Crippen molar-refractivity contribution in [3.8, 4) is 6.07 Å². The first-order valence-electron chi connectivity index (χ1n) is 5.67. The lowest BCUT2D eigenvalue weighted by Crippen LogP contribution is -2.00. The molecule has 0 aromatic carbocycles. The minimum absolute atomic E-state index is 0.435. The van der Waals surface area contributed by atoms with Crippen molar-refractivity contribution < 1.29 is 0 Å². The molecule has 3 heteroatoms. The third-order valence-corrected chi connectivity index (χ3v) is 2.42. The summed E-state index contributed by atoms with van der Waals surface area (Å²) in [6, 6.07) is 5.66. The van der Waals surface area contributed by atoms with E-state index in [1.54, 1.807) is 12.1 Å². The van der Waals surface area contributed by atoms with Gasteiger partial charge in [-0.3, -0.25) is 0 Å². The van der Waals surface area contributed by atoms with E-state index in [-0.39, 0.29) is 0 Å². The predicted molar refractivity (Wildman–Crippen MR) is 71.6 cm³/mol. The fourth-order valence-electron chi connectivity index (χ4n) is 1.66. The Balaban J connectivity index is 3.29. The molecular formula is C14H17N3. The van der Waals surface area contributed by atoms with E-state index in [2.05, 4.69) is 29.9 Å². The predicted octanol–water partition coefficient (Wildman–Crippen LogP) is 3.36. The second kappa shape index (κ2) is 6.49. The first kappa shape index (κ1) is 13.0. The van der Waals surface area contributed by atoms with Crippen LogP contribution < -0.4 is 5.32 Å². The average Bonchev–Trinajstić information content (AvgIpc) is 2.37. The average molecular weight is 227 g/mol. The number of hydrogen-bond acceptors (Lipinski definition) is 3. The zero-order valence-corrected chi connectivity index (χ0v) is 10.3. The molecule has 1 aromatic heterocycles. The molecule has 0 aliphatic carbocycles. The maximum absolute atomic E-state index is 8.89. The van der Waals surface area contributed by atoms with Crippen LogP contribution in [0.25, 0.3) is 5.57 Å². The largest absolute Gasteiger partial charge is 0.386 e. The van der Waals surface area contributed by atoms with Crippen LogP contribution in [0.4, 0.5) is 5.69 Å². The van der Waals surface area contributed by atoms with Crippen molar-refractivity contribution in [2.24, 2.45) is 0 Å². The Kier molecular flexibility index (Phi) is 4.96. The summed E-state index contributed by atoms with van der Waals surface area (Å²) in [5, 5.41) is 12.0. The fraction of sp³-hybridized carbons (Fsp3) is 0.286. The fourth-order valence-corrected chi connectivity index (χ4v) is 1.66. The number of rotatable bonds is 5. The van der Waals surface area contributed by atoms with E-state index in [1.165, 1.54) is 0 Å². The van der Waals surface area contributed by atoms with Crippen LogP contribution in [-0.2, 0) is 0 Å². The van der Waals surface area contributed by atoms with Gasteiger partial charge in [0.25, 0.3) is 0 Å². The summed E-state index contributed by atoms with van der Waals surface area (Å²) >= 11 is 0. The first-order valence-corrected chi connectivity index (χ1v) is 5.67. The molecule has 3 nitrogen and oxygen atoms in total. The standard InChI is InChI=1S/C14H17N3/c1-4-6-11(7-5-2)14-13(16-3)9-8-12(10-15)17-14/h4,6,8-9,16H,1,5,7H2,2-3H3/b11-6-. The third kappa shape index (κ3) is 3.18. The van der Waals surface area contributed by atoms with Crippen LogP contribution in [0.1, 0.15) is 31.2 Å². The summed E-state index contributed by atoms with van der Waals surface area (Å²) in [6.07, 6.45) is 5.66. The molecule has 1 heterocycles. The summed E-state index contributed by atoms with van der Waals surface area (Å²) < 4.78 is 0. The Morgan fingerprint density at radius 2 is 2.35 bits per heavy atom. The Morgan fingerprint density at radius 1 is 1.59 bits per heavy atom. The second-order valence-electron chi connectivity index (χ2n) is 3.63. The van der Waals surface area contributed by atoms with Crippen LogP contribution in [0.5, 0.6) is 0 Å². The highest BCUT2D eigenvalue weighted by atomic mass is 14.9. The molecule has 0 saturated heterocycles. The highest BCUT2D eigenvalue weighted by Gasteiger charge is 2.09. The number of nitrogens with one attached hydrogen (secondary N) is 1. The van der Waals surface area contributed by atoms with Gasteiger partial charge in [0.2, 0.25) is 0 Å². The van der Waals surface area contributed by atoms with Gasteiger partial charge in [0.15, 0.2) is 0 Å². The summed E-state index contributed by atoms with van der Waals surface area (Å²) in [6.45, 7) is 5.83. The molecule has 0 unspecified atom stereocenters. The van der Waals surface area contributed by atoms with Gasteiger partial charge in [-0.25, -0.2) is 4.98 Å². The van der Waals surface area contributed by atoms with Crippen molar-refractivity contribution in [2.75, 3.05) is 12.4 Å². The van der Waals surface area contributed by atoms with E-state index >= 15 is 0 Å². The number of nitrogens with zero attached hydrogens (tertiary/aromatic N) is 2. The zero-order chi connectivity index (χ0) is 12.7. The highest BCUT2D eigenvalue weighted by Crippen LogP contribution is 2.25. The van der Waals surface area contributed by atoms with Crippen molar-refractivity contribution in [1.29, 1.82) is 5.26 Å². The number of nitriles is 1. The molecule has 0 spiro atoms.